The molecule has 0 aromatic heterocycles. The molecule has 1 rings (SSSR count). The first-order chi connectivity index (χ1) is 5.24. The van der Waals surface area contributed by atoms with Crippen molar-refractivity contribution in [3.63, 3.8) is 0 Å². The summed E-state index contributed by atoms with van der Waals surface area (Å²) in [7, 11) is 0. The second-order valence-corrected chi connectivity index (χ2v) is 4.62. The molecule has 0 spiro atoms. The van der Waals surface area contributed by atoms with Crippen LogP contribution in [0.4, 0.5) is 0 Å². The van der Waals surface area contributed by atoms with Gasteiger partial charge in [0, 0.05) is 0 Å². The number of phenolic OH excluding ortho intramolecular Hbond substituents is 2. The van der Waals surface area contributed by atoms with Crippen LogP contribution < -0.4 is 4.69 Å². The normalized spacial score (nSPS) is 11.0. The van der Waals surface area contributed by atoms with Gasteiger partial charge in [0.05, 0.1) is 0 Å². The van der Waals surface area contributed by atoms with E-state index in [1.807, 2.05) is 0 Å². The van der Waals surface area contributed by atoms with Crippen LogP contribution in [-0.4, -0.2) is 25.9 Å². The molecular weight excluding hydrogens is 203 g/mol. The Kier molecular flexibility index (Phi) is 2.78. The van der Waals surface area contributed by atoms with Crippen LogP contribution in [0.2, 0.25) is 0 Å². The minimum absolute atomic E-state index is 0.0571. The number of phenols is 2. The number of aromatic hydroxyl groups is 2. The van der Waals surface area contributed by atoms with Gasteiger partial charge in [0.1, 0.15) is 0 Å². The minimum atomic E-state index is -0.873. The van der Waals surface area contributed by atoms with E-state index < -0.39 is 15.7 Å². The predicted octanol–water partition coefficient (Wildman–Crippen LogP) is -0.360. The monoisotopic (exact) mass is 215 g/mol. The van der Waals surface area contributed by atoms with Crippen LogP contribution in [0.1, 0.15) is 5.56 Å². The summed E-state index contributed by atoms with van der Waals surface area (Å²) >= 11 is -0.873. The molecule has 11 heavy (non-hydrogen) atoms. The van der Waals surface area contributed by atoms with E-state index in [1.165, 1.54) is 6.07 Å². The SMILES string of the molecule is [NH2][GeH2][CH2]c1ccc(O)c(O)c1. The first-order valence-electron chi connectivity index (χ1n) is 3.45. The van der Waals surface area contributed by atoms with E-state index in [0.29, 0.717) is 0 Å². The van der Waals surface area contributed by atoms with Gasteiger partial charge in [-0.15, -0.1) is 0 Å². The van der Waals surface area contributed by atoms with E-state index >= 15 is 0 Å². The summed E-state index contributed by atoms with van der Waals surface area (Å²) in [5.41, 5.74) is 1.02. The molecular formula is C7H11GeNO2. The summed E-state index contributed by atoms with van der Waals surface area (Å²) in [6.45, 7) is 0. The molecule has 60 valence electrons. The van der Waals surface area contributed by atoms with E-state index in [0.717, 1.165) is 10.8 Å². The Bertz CT molecular complexity index is 252. The molecule has 0 aliphatic rings. The standard InChI is InChI=1S/C7H11GeNO2/c9-8-4-5-1-2-6(10)7(11)3-5/h1-3,10-11H,4,8-9H2. The maximum atomic E-state index is 9.06. The van der Waals surface area contributed by atoms with Crippen molar-refractivity contribution in [1.82, 2.24) is 0 Å². The van der Waals surface area contributed by atoms with Gasteiger partial charge in [0.15, 0.2) is 0 Å². The van der Waals surface area contributed by atoms with Crippen LogP contribution in [0, 0.1) is 0 Å². The van der Waals surface area contributed by atoms with Crippen LogP contribution in [-0.2, 0) is 5.25 Å². The van der Waals surface area contributed by atoms with Crippen LogP contribution >= 0.6 is 0 Å². The molecule has 1 aromatic rings. The summed E-state index contributed by atoms with van der Waals surface area (Å²) in [6.07, 6.45) is 0. The summed E-state index contributed by atoms with van der Waals surface area (Å²) < 4.78 is 5.49. The van der Waals surface area contributed by atoms with Crippen LogP contribution in [0.5, 0.6) is 11.5 Å². The van der Waals surface area contributed by atoms with Crippen LogP contribution in [0.3, 0.4) is 0 Å². The van der Waals surface area contributed by atoms with Gasteiger partial charge in [0.2, 0.25) is 0 Å². The molecule has 0 aliphatic heterocycles. The molecule has 0 fully saturated rings. The number of benzene rings is 1. The molecule has 0 aliphatic carbocycles. The average Bonchev–Trinajstić information content (AvgIpc) is 1.98. The molecule has 0 unspecified atom stereocenters. The summed E-state index contributed by atoms with van der Waals surface area (Å²) in [5.74, 6) is -0.128. The Balaban J connectivity index is 2.86. The zero-order valence-electron chi connectivity index (χ0n) is 6.12. The Morgan fingerprint density at radius 1 is 1.27 bits per heavy atom. The van der Waals surface area contributed by atoms with Crippen molar-refractivity contribution < 1.29 is 10.2 Å². The summed E-state index contributed by atoms with van der Waals surface area (Å²) in [6, 6.07) is 4.84. The van der Waals surface area contributed by atoms with E-state index in [-0.39, 0.29) is 11.5 Å². The molecule has 0 amide bonds. The van der Waals surface area contributed by atoms with Crippen molar-refractivity contribution in [2.75, 3.05) is 0 Å². The topological polar surface area (TPSA) is 66.5 Å². The van der Waals surface area contributed by atoms with Gasteiger partial charge in [-0.05, 0) is 0 Å². The fraction of sp³-hybridized carbons (Fsp3) is 0.143. The zero-order valence-corrected chi connectivity index (χ0v) is 9.09. The van der Waals surface area contributed by atoms with Gasteiger partial charge >= 0.3 is 71.1 Å². The molecule has 0 atom stereocenters. The fourth-order valence-corrected chi connectivity index (χ4v) is 2.24. The molecule has 1 aromatic carbocycles. The first kappa shape index (κ1) is 8.42. The Morgan fingerprint density at radius 3 is 2.55 bits per heavy atom. The Labute approximate surface area is 71.5 Å². The van der Waals surface area contributed by atoms with Gasteiger partial charge in [0.25, 0.3) is 0 Å². The number of hydrogen-bond acceptors (Lipinski definition) is 3. The van der Waals surface area contributed by atoms with Gasteiger partial charge in [-0.2, -0.15) is 0 Å². The summed E-state index contributed by atoms with van der Waals surface area (Å²) in [5, 5.41) is 18.9. The van der Waals surface area contributed by atoms with Gasteiger partial charge in [-0.1, -0.05) is 0 Å². The van der Waals surface area contributed by atoms with Crippen molar-refractivity contribution >= 4 is 15.7 Å². The van der Waals surface area contributed by atoms with Crippen molar-refractivity contribution in [2.24, 2.45) is 4.69 Å². The Hall–Kier alpha value is -0.677. The van der Waals surface area contributed by atoms with Crippen molar-refractivity contribution in [3.8, 4) is 11.5 Å². The third-order valence-corrected chi connectivity index (χ3v) is 3.29. The molecule has 4 N–H and O–H groups in total. The van der Waals surface area contributed by atoms with Crippen LogP contribution in [0.15, 0.2) is 18.2 Å². The molecule has 0 saturated heterocycles. The third kappa shape index (κ3) is 2.13. The van der Waals surface area contributed by atoms with Crippen LogP contribution in [0.25, 0.3) is 0 Å². The quantitative estimate of drug-likeness (QED) is 0.465. The zero-order chi connectivity index (χ0) is 8.27. The first-order valence-corrected chi connectivity index (χ1v) is 7.26. The van der Waals surface area contributed by atoms with E-state index in [4.69, 9.17) is 14.9 Å². The summed E-state index contributed by atoms with van der Waals surface area (Å²) in [4.78, 5) is 0. The van der Waals surface area contributed by atoms with E-state index in [1.54, 1.807) is 12.1 Å². The maximum absolute atomic E-state index is 9.06. The molecule has 0 heterocycles. The second kappa shape index (κ2) is 3.64. The third-order valence-electron chi connectivity index (χ3n) is 1.47. The Morgan fingerprint density at radius 2 is 2.00 bits per heavy atom. The molecule has 0 radical (unpaired) electrons. The molecule has 0 saturated carbocycles. The molecule has 0 bridgehead atoms. The average molecular weight is 214 g/mol. The number of hydrogen-bond donors (Lipinski definition) is 3. The van der Waals surface area contributed by atoms with Gasteiger partial charge in [-0.3, -0.25) is 0 Å². The van der Waals surface area contributed by atoms with Crippen molar-refractivity contribution in [2.45, 2.75) is 5.25 Å². The number of nitrogens with two attached hydrogens (primary N) is 1. The van der Waals surface area contributed by atoms with Crippen molar-refractivity contribution in [3.05, 3.63) is 23.8 Å². The number of rotatable bonds is 2. The molecule has 3 nitrogen and oxygen atoms in total. The fourth-order valence-electron chi connectivity index (χ4n) is 0.891. The van der Waals surface area contributed by atoms with E-state index in [2.05, 4.69) is 0 Å². The predicted molar refractivity (Wildman–Crippen MR) is 46.2 cm³/mol. The van der Waals surface area contributed by atoms with Gasteiger partial charge in [-0.25, -0.2) is 0 Å². The second-order valence-electron chi connectivity index (χ2n) is 2.36. The van der Waals surface area contributed by atoms with Gasteiger partial charge < -0.3 is 0 Å². The van der Waals surface area contributed by atoms with E-state index in [9.17, 15) is 0 Å². The molecule has 4 heteroatoms. The van der Waals surface area contributed by atoms with Crippen molar-refractivity contribution in [1.29, 1.82) is 0 Å².